The zero-order valence-corrected chi connectivity index (χ0v) is 22.5. The molecule has 196 valence electrons. The topological polar surface area (TPSA) is 58.6 Å². The van der Waals surface area contributed by atoms with Crippen LogP contribution in [0.3, 0.4) is 0 Å². The van der Waals surface area contributed by atoms with Gasteiger partial charge in [0.1, 0.15) is 11.8 Å². The lowest BCUT2D eigenvalue weighted by Gasteiger charge is -2.31. The van der Waals surface area contributed by atoms with Gasteiger partial charge in [0, 0.05) is 29.9 Å². The molecule has 4 rings (SSSR count). The predicted molar refractivity (Wildman–Crippen MR) is 153 cm³/mol. The number of rotatable bonds is 11. The van der Waals surface area contributed by atoms with E-state index < -0.39 is 6.04 Å². The number of halogens is 1. The molecule has 0 saturated heterocycles. The molecule has 0 radical (unpaired) electrons. The second-order valence-corrected chi connectivity index (χ2v) is 10.2. The molecular weight excluding hydrogens is 496 g/mol. The Bertz CT molecular complexity index is 1350. The zero-order valence-electron chi connectivity index (χ0n) is 21.8. The lowest BCUT2D eigenvalue weighted by Crippen LogP contribution is -2.52. The second-order valence-electron chi connectivity index (χ2n) is 9.76. The molecule has 0 aliphatic heterocycles. The Morgan fingerprint density at radius 3 is 2.26 bits per heavy atom. The van der Waals surface area contributed by atoms with Crippen molar-refractivity contribution in [1.82, 2.24) is 10.2 Å². The average molecular weight is 529 g/mol. The van der Waals surface area contributed by atoms with Gasteiger partial charge in [-0.15, -0.1) is 0 Å². The van der Waals surface area contributed by atoms with Crippen molar-refractivity contribution in [2.24, 2.45) is 5.92 Å². The van der Waals surface area contributed by atoms with Gasteiger partial charge in [0.2, 0.25) is 5.91 Å². The van der Waals surface area contributed by atoms with E-state index >= 15 is 0 Å². The largest absolute Gasteiger partial charge is 0.483 e. The van der Waals surface area contributed by atoms with Crippen molar-refractivity contribution in [3.63, 3.8) is 0 Å². The Kier molecular flexibility index (Phi) is 9.39. The number of carbonyl (C=O) groups is 2. The summed E-state index contributed by atoms with van der Waals surface area (Å²) in [4.78, 5) is 28.9. The van der Waals surface area contributed by atoms with E-state index in [4.69, 9.17) is 16.3 Å². The Morgan fingerprint density at radius 2 is 1.53 bits per heavy atom. The summed E-state index contributed by atoms with van der Waals surface area (Å²) in [5.74, 6) is 0.460. The summed E-state index contributed by atoms with van der Waals surface area (Å²) in [6.07, 6.45) is 0.387. The first-order chi connectivity index (χ1) is 18.4. The molecule has 2 amide bonds. The summed E-state index contributed by atoms with van der Waals surface area (Å²) in [7, 11) is 0. The summed E-state index contributed by atoms with van der Waals surface area (Å²) in [6.45, 7) is 4.67. The molecule has 0 saturated carbocycles. The molecule has 1 N–H and O–H groups in total. The van der Waals surface area contributed by atoms with Gasteiger partial charge in [-0.2, -0.15) is 0 Å². The fraction of sp³-hybridized carbons (Fsp3) is 0.250. The highest BCUT2D eigenvalue weighted by atomic mass is 35.5. The van der Waals surface area contributed by atoms with Gasteiger partial charge in [0.25, 0.3) is 5.91 Å². The number of hydrogen-bond donors (Lipinski definition) is 1. The van der Waals surface area contributed by atoms with Crippen molar-refractivity contribution in [3.05, 3.63) is 113 Å². The first kappa shape index (κ1) is 27.2. The van der Waals surface area contributed by atoms with Crippen LogP contribution in [0.5, 0.6) is 5.75 Å². The van der Waals surface area contributed by atoms with E-state index in [1.165, 1.54) is 0 Å². The van der Waals surface area contributed by atoms with Gasteiger partial charge in [-0.05, 0) is 40.6 Å². The second kappa shape index (κ2) is 13.1. The number of benzene rings is 4. The van der Waals surface area contributed by atoms with E-state index in [0.717, 1.165) is 21.9 Å². The molecule has 0 bridgehead atoms. The highest BCUT2D eigenvalue weighted by Crippen LogP contribution is 2.25. The number of fused-ring (bicyclic) bond motifs is 1. The third-order valence-corrected chi connectivity index (χ3v) is 6.57. The highest BCUT2D eigenvalue weighted by Gasteiger charge is 2.30. The van der Waals surface area contributed by atoms with Gasteiger partial charge in [0.05, 0.1) is 0 Å². The highest BCUT2D eigenvalue weighted by molar-refractivity contribution is 6.30. The molecule has 5 nitrogen and oxygen atoms in total. The Morgan fingerprint density at radius 1 is 0.842 bits per heavy atom. The van der Waals surface area contributed by atoms with E-state index in [2.05, 4.69) is 5.32 Å². The van der Waals surface area contributed by atoms with Gasteiger partial charge < -0.3 is 15.0 Å². The van der Waals surface area contributed by atoms with Crippen LogP contribution >= 0.6 is 11.6 Å². The summed E-state index contributed by atoms with van der Waals surface area (Å²) < 4.78 is 6.05. The van der Waals surface area contributed by atoms with Crippen LogP contribution in [0.2, 0.25) is 5.02 Å². The van der Waals surface area contributed by atoms with Gasteiger partial charge in [0.15, 0.2) is 6.61 Å². The third-order valence-electron chi connectivity index (χ3n) is 6.32. The minimum Gasteiger partial charge on any atom is -0.483 e. The maximum atomic E-state index is 13.8. The van der Waals surface area contributed by atoms with Crippen LogP contribution in [0.4, 0.5) is 0 Å². The maximum Gasteiger partial charge on any atom is 0.261 e. The Balaban J connectivity index is 1.63. The fourth-order valence-electron chi connectivity index (χ4n) is 4.31. The Hall–Kier alpha value is -3.83. The molecule has 0 spiro atoms. The number of hydrogen-bond acceptors (Lipinski definition) is 3. The van der Waals surface area contributed by atoms with Crippen LogP contribution in [0.15, 0.2) is 97.1 Å². The fourth-order valence-corrected chi connectivity index (χ4v) is 4.43. The van der Waals surface area contributed by atoms with Crippen LogP contribution < -0.4 is 10.1 Å². The van der Waals surface area contributed by atoms with Crippen LogP contribution in [0.1, 0.15) is 25.0 Å². The van der Waals surface area contributed by atoms with Gasteiger partial charge in [-0.1, -0.05) is 104 Å². The molecule has 4 aromatic rings. The SMILES string of the molecule is CC(C)CNC(=O)[C@@H](Cc1ccccc1)N(Cc1ccc(Cl)cc1)C(=O)COc1cccc2ccccc12. The number of carbonyl (C=O) groups excluding carboxylic acids is 2. The van der Waals surface area contributed by atoms with Crippen LogP contribution in [0.25, 0.3) is 10.8 Å². The van der Waals surface area contributed by atoms with E-state index in [0.29, 0.717) is 23.7 Å². The minimum absolute atomic E-state index is 0.185. The van der Waals surface area contributed by atoms with Gasteiger partial charge in [-0.3, -0.25) is 9.59 Å². The predicted octanol–water partition coefficient (Wildman–Crippen LogP) is 6.28. The molecule has 0 heterocycles. The smallest absolute Gasteiger partial charge is 0.261 e. The molecule has 6 heteroatoms. The molecule has 0 aromatic heterocycles. The van der Waals surface area contributed by atoms with Gasteiger partial charge >= 0.3 is 0 Å². The standard InChI is InChI=1S/C32H33ClN2O3/c1-23(2)20-34-32(37)29(19-24-9-4-3-5-10-24)35(21-25-15-17-27(33)18-16-25)31(36)22-38-30-14-8-12-26-11-6-7-13-28(26)30/h3-18,23,29H,19-22H2,1-2H3,(H,34,37)/t29-/m1/s1. The monoisotopic (exact) mass is 528 g/mol. The first-order valence-electron chi connectivity index (χ1n) is 12.9. The normalized spacial score (nSPS) is 11.8. The van der Waals surface area contributed by atoms with E-state index in [1.807, 2.05) is 98.8 Å². The molecular formula is C32H33ClN2O3. The number of ether oxygens (including phenoxy) is 1. The molecule has 0 aliphatic rings. The molecule has 0 aliphatic carbocycles. The van der Waals surface area contributed by atoms with Gasteiger partial charge in [-0.25, -0.2) is 0 Å². The van der Waals surface area contributed by atoms with Crippen molar-refractivity contribution < 1.29 is 14.3 Å². The lowest BCUT2D eigenvalue weighted by atomic mass is 10.0. The Labute approximate surface area is 229 Å². The number of nitrogens with zero attached hydrogens (tertiary/aromatic N) is 1. The summed E-state index contributed by atoms with van der Waals surface area (Å²) >= 11 is 6.10. The van der Waals surface area contributed by atoms with Crippen molar-refractivity contribution in [3.8, 4) is 5.75 Å². The number of amides is 2. The van der Waals surface area contributed by atoms with Crippen molar-refractivity contribution in [2.45, 2.75) is 32.9 Å². The van der Waals surface area contributed by atoms with Crippen molar-refractivity contribution in [2.75, 3.05) is 13.2 Å². The zero-order chi connectivity index (χ0) is 26.9. The lowest BCUT2D eigenvalue weighted by molar-refractivity contribution is -0.142. The third kappa shape index (κ3) is 7.36. The first-order valence-corrected chi connectivity index (χ1v) is 13.2. The maximum absolute atomic E-state index is 13.8. The van der Waals surface area contributed by atoms with Crippen LogP contribution in [-0.2, 0) is 22.6 Å². The van der Waals surface area contributed by atoms with Crippen LogP contribution in [0, 0.1) is 5.92 Å². The molecule has 0 unspecified atom stereocenters. The molecule has 4 aromatic carbocycles. The van der Waals surface area contributed by atoms with Crippen LogP contribution in [-0.4, -0.2) is 35.9 Å². The van der Waals surface area contributed by atoms with E-state index in [1.54, 1.807) is 17.0 Å². The quantitative estimate of drug-likeness (QED) is 0.249. The molecule has 1 atom stereocenters. The molecule has 38 heavy (non-hydrogen) atoms. The number of nitrogens with one attached hydrogen (secondary N) is 1. The summed E-state index contributed by atoms with van der Waals surface area (Å²) in [5.41, 5.74) is 1.85. The molecule has 0 fully saturated rings. The van der Waals surface area contributed by atoms with E-state index in [-0.39, 0.29) is 30.9 Å². The average Bonchev–Trinajstić information content (AvgIpc) is 2.93. The van der Waals surface area contributed by atoms with Crippen molar-refractivity contribution in [1.29, 1.82) is 0 Å². The minimum atomic E-state index is -0.713. The summed E-state index contributed by atoms with van der Waals surface area (Å²) in [5, 5.41) is 5.61. The van der Waals surface area contributed by atoms with E-state index in [9.17, 15) is 9.59 Å². The summed E-state index contributed by atoms with van der Waals surface area (Å²) in [6, 6.07) is 30.0. The van der Waals surface area contributed by atoms with Crippen molar-refractivity contribution >= 4 is 34.2 Å².